The van der Waals surface area contributed by atoms with Crippen molar-refractivity contribution in [3.8, 4) is 11.3 Å². The van der Waals surface area contributed by atoms with Gasteiger partial charge in [0.1, 0.15) is 0 Å². The molecule has 4 rings (SSSR count). The third kappa shape index (κ3) is 6.26. The van der Waals surface area contributed by atoms with Crippen molar-refractivity contribution in [3.63, 3.8) is 0 Å². The average Bonchev–Trinajstić information content (AvgIpc) is 3.31. The maximum atomic E-state index is 12.4. The van der Waals surface area contributed by atoms with Crippen LogP contribution in [-0.4, -0.2) is 22.4 Å². The highest BCUT2D eigenvalue weighted by Gasteiger charge is 2.07. The van der Waals surface area contributed by atoms with Crippen LogP contribution >= 0.6 is 23.1 Å². The fraction of sp³-hybridized carbons (Fsp3) is 0.160. The van der Waals surface area contributed by atoms with Crippen LogP contribution in [0.25, 0.3) is 11.3 Å². The third-order valence-electron chi connectivity index (χ3n) is 4.75. The number of carbonyl (C=O) groups is 1. The number of nitrogens with zero attached hydrogens (tertiary/aromatic N) is 2. The maximum Gasteiger partial charge on any atom is 0.251 e. The predicted octanol–water partition coefficient (Wildman–Crippen LogP) is 5.86. The van der Waals surface area contributed by atoms with Gasteiger partial charge in [0.05, 0.1) is 10.7 Å². The van der Waals surface area contributed by atoms with Crippen molar-refractivity contribution in [2.75, 3.05) is 6.54 Å². The second-order valence-corrected chi connectivity index (χ2v) is 9.01. The molecule has 156 valence electrons. The van der Waals surface area contributed by atoms with Crippen molar-refractivity contribution in [3.05, 3.63) is 101 Å². The number of rotatable bonds is 9. The first-order chi connectivity index (χ1) is 15.3. The number of carbonyl (C=O) groups excluding carboxylic acids is 1. The molecule has 2 aromatic carbocycles. The summed E-state index contributed by atoms with van der Waals surface area (Å²) in [6.45, 7) is 0.632. The highest BCUT2D eigenvalue weighted by atomic mass is 32.2. The Morgan fingerprint density at radius 1 is 0.968 bits per heavy atom. The average molecular weight is 446 g/mol. The molecule has 0 bridgehead atoms. The van der Waals surface area contributed by atoms with Crippen molar-refractivity contribution >= 4 is 29.0 Å². The zero-order valence-corrected chi connectivity index (χ0v) is 18.7. The van der Waals surface area contributed by atoms with E-state index < -0.39 is 0 Å². The van der Waals surface area contributed by atoms with Crippen molar-refractivity contribution in [2.24, 2.45) is 0 Å². The summed E-state index contributed by atoms with van der Waals surface area (Å²) in [6, 6.07) is 22.1. The van der Waals surface area contributed by atoms with E-state index in [2.05, 4.69) is 44.9 Å². The van der Waals surface area contributed by atoms with Crippen LogP contribution < -0.4 is 5.32 Å². The standard InChI is InChI=1S/C25H23N3OS2/c29-25(21-8-10-22(11-9-21)30-17-19-5-2-1-3-6-19)27-14-4-7-24-28-23(18-31-24)20-12-15-26-16-13-20/h1-3,5-6,8-13,15-16,18H,4,7,14,17H2,(H,27,29). The van der Waals surface area contributed by atoms with Crippen LogP contribution in [0.3, 0.4) is 0 Å². The van der Waals surface area contributed by atoms with Crippen molar-refractivity contribution in [1.82, 2.24) is 15.3 Å². The normalized spacial score (nSPS) is 10.7. The number of amides is 1. The summed E-state index contributed by atoms with van der Waals surface area (Å²) in [4.78, 5) is 22.3. The molecular weight excluding hydrogens is 422 g/mol. The van der Waals surface area contributed by atoms with Gasteiger partial charge in [0.2, 0.25) is 0 Å². The highest BCUT2D eigenvalue weighted by molar-refractivity contribution is 7.98. The molecular formula is C25H23N3OS2. The van der Waals surface area contributed by atoms with Gasteiger partial charge in [-0.25, -0.2) is 4.98 Å². The van der Waals surface area contributed by atoms with Gasteiger partial charge in [-0.1, -0.05) is 30.3 Å². The lowest BCUT2D eigenvalue weighted by atomic mass is 10.2. The van der Waals surface area contributed by atoms with E-state index in [4.69, 9.17) is 0 Å². The van der Waals surface area contributed by atoms with Crippen LogP contribution in [0.4, 0.5) is 0 Å². The van der Waals surface area contributed by atoms with Crippen LogP contribution in [0.5, 0.6) is 0 Å². The minimum atomic E-state index is -0.0313. The van der Waals surface area contributed by atoms with Gasteiger partial charge in [-0.05, 0) is 48.4 Å². The molecule has 0 saturated heterocycles. The molecule has 0 saturated carbocycles. The molecule has 0 spiro atoms. The molecule has 4 nitrogen and oxygen atoms in total. The number of thiazole rings is 1. The minimum absolute atomic E-state index is 0.0313. The van der Waals surface area contributed by atoms with E-state index >= 15 is 0 Å². The van der Waals surface area contributed by atoms with E-state index in [0.717, 1.165) is 39.8 Å². The second-order valence-electron chi connectivity index (χ2n) is 7.02. The van der Waals surface area contributed by atoms with Crippen molar-refractivity contribution < 1.29 is 4.79 Å². The number of aromatic nitrogens is 2. The summed E-state index contributed by atoms with van der Waals surface area (Å²) >= 11 is 3.43. The topological polar surface area (TPSA) is 54.9 Å². The molecule has 2 heterocycles. The Morgan fingerprint density at radius 3 is 2.52 bits per heavy atom. The Morgan fingerprint density at radius 2 is 1.74 bits per heavy atom. The number of thioether (sulfide) groups is 1. The molecule has 1 N–H and O–H groups in total. The van der Waals surface area contributed by atoms with Crippen LogP contribution in [0.2, 0.25) is 0 Å². The van der Waals surface area contributed by atoms with Crippen molar-refractivity contribution in [2.45, 2.75) is 23.5 Å². The van der Waals surface area contributed by atoms with E-state index in [1.807, 2.05) is 42.5 Å². The Hall–Kier alpha value is -2.96. The van der Waals surface area contributed by atoms with Gasteiger partial charge in [-0.2, -0.15) is 0 Å². The van der Waals surface area contributed by atoms with Gasteiger partial charge in [-0.15, -0.1) is 23.1 Å². The molecule has 4 aromatic rings. The van der Waals surface area contributed by atoms with Crippen LogP contribution in [0.1, 0.15) is 27.3 Å². The monoisotopic (exact) mass is 445 g/mol. The zero-order valence-electron chi connectivity index (χ0n) is 17.0. The number of aryl methyl sites for hydroxylation is 1. The number of pyridine rings is 1. The summed E-state index contributed by atoms with van der Waals surface area (Å²) in [6.07, 6.45) is 5.27. The fourth-order valence-electron chi connectivity index (χ4n) is 3.07. The molecule has 31 heavy (non-hydrogen) atoms. The molecule has 0 atom stereocenters. The minimum Gasteiger partial charge on any atom is -0.352 e. The Bertz CT molecular complexity index is 1100. The van der Waals surface area contributed by atoms with Crippen molar-refractivity contribution in [1.29, 1.82) is 0 Å². The summed E-state index contributed by atoms with van der Waals surface area (Å²) in [5.74, 6) is 0.891. The number of nitrogens with one attached hydrogen (secondary N) is 1. The molecule has 0 unspecified atom stereocenters. The van der Waals surface area contributed by atoms with Gasteiger partial charge in [0, 0.05) is 52.5 Å². The first-order valence-corrected chi connectivity index (χ1v) is 12.0. The van der Waals surface area contributed by atoms with Gasteiger partial charge in [-0.3, -0.25) is 9.78 Å². The van der Waals surface area contributed by atoms with Crippen LogP contribution in [-0.2, 0) is 12.2 Å². The molecule has 2 aromatic heterocycles. The van der Waals surface area contributed by atoms with Gasteiger partial charge in [0.15, 0.2) is 0 Å². The summed E-state index contributed by atoms with van der Waals surface area (Å²) in [7, 11) is 0. The molecule has 6 heteroatoms. The molecule has 0 aliphatic carbocycles. The van der Waals surface area contributed by atoms with Gasteiger partial charge >= 0.3 is 0 Å². The lowest BCUT2D eigenvalue weighted by molar-refractivity contribution is 0.0953. The van der Waals surface area contributed by atoms with E-state index in [9.17, 15) is 4.79 Å². The molecule has 0 aliphatic rings. The first-order valence-electron chi connectivity index (χ1n) is 10.2. The predicted molar refractivity (Wildman–Crippen MR) is 128 cm³/mol. The number of benzene rings is 2. The smallest absolute Gasteiger partial charge is 0.251 e. The summed E-state index contributed by atoms with van der Waals surface area (Å²) in [5.41, 5.74) is 4.05. The summed E-state index contributed by atoms with van der Waals surface area (Å²) in [5, 5.41) is 6.16. The lowest BCUT2D eigenvalue weighted by Crippen LogP contribution is -2.24. The Kier molecular flexibility index (Phi) is 7.47. The van der Waals surface area contributed by atoms with Gasteiger partial charge in [0.25, 0.3) is 5.91 Å². The highest BCUT2D eigenvalue weighted by Crippen LogP contribution is 2.23. The number of hydrogen-bond donors (Lipinski definition) is 1. The first kappa shape index (κ1) is 21.3. The quantitative estimate of drug-likeness (QED) is 0.259. The van der Waals surface area contributed by atoms with Crippen LogP contribution in [0, 0.1) is 0 Å². The molecule has 0 aliphatic heterocycles. The third-order valence-corrected chi connectivity index (χ3v) is 6.74. The Balaban J connectivity index is 1.20. The SMILES string of the molecule is O=C(NCCCc1nc(-c2ccncc2)cs1)c1ccc(SCc2ccccc2)cc1. The van der Waals surface area contributed by atoms with E-state index in [-0.39, 0.29) is 5.91 Å². The molecule has 0 radical (unpaired) electrons. The fourth-order valence-corrected chi connectivity index (χ4v) is 4.77. The number of hydrogen-bond acceptors (Lipinski definition) is 5. The Labute approximate surface area is 190 Å². The second kappa shape index (κ2) is 10.9. The molecule has 1 amide bonds. The van der Waals surface area contributed by atoms with E-state index in [1.54, 1.807) is 35.5 Å². The van der Waals surface area contributed by atoms with E-state index in [1.165, 1.54) is 5.56 Å². The maximum absolute atomic E-state index is 12.4. The largest absolute Gasteiger partial charge is 0.352 e. The van der Waals surface area contributed by atoms with E-state index in [0.29, 0.717) is 12.1 Å². The van der Waals surface area contributed by atoms with Crippen LogP contribution in [0.15, 0.2) is 89.4 Å². The zero-order chi connectivity index (χ0) is 21.3. The lowest BCUT2D eigenvalue weighted by Gasteiger charge is -2.06. The molecule has 0 fully saturated rings. The summed E-state index contributed by atoms with van der Waals surface area (Å²) < 4.78 is 0. The van der Waals surface area contributed by atoms with Gasteiger partial charge < -0.3 is 5.32 Å².